The van der Waals surface area contributed by atoms with Crippen LogP contribution in [0.15, 0.2) is 36.0 Å². The van der Waals surface area contributed by atoms with Crippen molar-refractivity contribution in [2.75, 3.05) is 63.2 Å². The summed E-state index contributed by atoms with van der Waals surface area (Å²) in [6, 6.07) is 9.35. The number of hydrogen-bond acceptors (Lipinski definition) is 10. The van der Waals surface area contributed by atoms with Crippen LogP contribution in [0.25, 0.3) is 10.2 Å². The summed E-state index contributed by atoms with van der Waals surface area (Å²) in [6.45, 7) is 7.76. The highest BCUT2D eigenvalue weighted by Crippen LogP contribution is 2.46. The van der Waals surface area contributed by atoms with Crippen molar-refractivity contribution in [3.8, 4) is 12.1 Å². The van der Waals surface area contributed by atoms with Crippen LogP contribution in [0.1, 0.15) is 37.4 Å². The van der Waals surface area contributed by atoms with E-state index in [9.17, 15) is 5.26 Å². The van der Waals surface area contributed by atoms with Crippen LogP contribution in [0, 0.1) is 16.7 Å². The van der Waals surface area contributed by atoms with Gasteiger partial charge in [0.1, 0.15) is 5.82 Å². The van der Waals surface area contributed by atoms with Crippen molar-refractivity contribution >= 4 is 33.1 Å². The molecule has 0 N–H and O–H groups in total. The van der Waals surface area contributed by atoms with Crippen molar-refractivity contribution in [2.45, 2.75) is 45.2 Å². The van der Waals surface area contributed by atoms with E-state index in [-0.39, 0.29) is 11.5 Å². The lowest BCUT2D eigenvalue weighted by Crippen LogP contribution is -2.51. The molecule has 1 saturated heterocycles. The molecule has 0 radical (unpaired) electrons. The smallest absolute Gasteiger partial charge is 0.318 e. The molecule has 3 aliphatic rings. The Hall–Kier alpha value is -3.42. The molecule has 210 valence electrons. The van der Waals surface area contributed by atoms with Crippen molar-refractivity contribution in [3.63, 3.8) is 0 Å². The van der Waals surface area contributed by atoms with Crippen LogP contribution in [0.2, 0.25) is 0 Å². The van der Waals surface area contributed by atoms with Gasteiger partial charge in [0, 0.05) is 43.7 Å². The van der Waals surface area contributed by atoms with Gasteiger partial charge in [0.25, 0.3) is 0 Å². The van der Waals surface area contributed by atoms with Crippen molar-refractivity contribution < 1.29 is 4.74 Å². The van der Waals surface area contributed by atoms with Gasteiger partial charge in [-0.3, -0.25) is 0 Å². The minimum Gasteiger partial charge on any atom is -0.463 e. The predicted molar refractivity (Wildman–Crippen MR) is 160 cm³/mol. The number of ether oxygens (including phenoxy) is 1. The monoisotopic (exact) mass is 558 g/mol. The fraction of sp³-hybridized carbons (Fsp3) is 0.533. The Morgan fingerprint density at radius 1 is 1.20 bits per heavy atom. The zero-order valence-electron chi connectivity index (χ0n) is 23.7. The van der Waals surface area contributed by atoms with Gasteiger partial charge in [0.05, 0.1) is 58.8 Å². The van der Waals surface area contributed by atoms with Crippen LogP contribution in [0.3, 0.4) is 0 Å². The van der Waals surface area contributed by atoms with E-state index in [0.29, 0.717) is 25.6 Å². The summed E-state index contributed by atoms with van der Waals surface area (Å²) in [5, 5.41) is 9.53. The molecule has 2 fully saturated rings. The fourth-order valence-electron chi connectivity index (χ4n) is 6.19. The fourth-order valence-corrected chi connectivity index (χ4v) is 7.02. The molecule has 4 heterocycles. The molecule has 6 rings (SSSR count). The second-order valence-electron chi connectivity index (χ2n) is 11.6. The van der Waals surface area contributed by atoms with E-state index in [1.165, 1.54) is 28.8 Å². The largest absolute Gasteiger partial charge is 0.463 e. The van der Waals surface area contributed by atoms with Crippen LogP contribution in [-0.2, 0) is 13.0 Å². The molecule has 0 bridgehead atoms. The zero-order valence-corrected chi connectivity index (χ0v) is 24.5. The predicted octanol–water partition coefficient (Wildman–Crippen LogP) is 4.31. The van der Waals surface area contributed by atoms with Crippen LogP contribution in [-0.4, -0.2) is 84.2 Å². The van der Waals surface area contributed by atoms with Gasteiger partial charge >= 0.3 is 6.01 Å². The van der Waals surface area contributed by atoms with Crippen molar-refractivity contribution in [1.29, 1.82) is 5.26 Å². The van der Waals surface area contributed by atoms with E-state index < -0.39 is 0 Å². The molecule has 3 aromatic rings. The molecule has 9 nitrogen and oxygen atoms in total. The maximum absolute atomic E-state index is 9.53. The first-order valence-electron chi connectivity index (χ1n) is 14.2. The molecule has 2 aromatic heterocycles. The van der Waals surface area contributed by atoms with Gasteiger partial charge < -0.3 is 24.3 Å². The molecule has 0 amide bonds. The van der Waals surface area contributed by atoms with E-state index in [1.807, 2.05) is 12.4 Å². The zero-order chi connectivity index (χ0) is 27.7. The normalized spacial score (nSPS) is 20.3. The van der Waals surface area contributed by atoms with Crippen molar-refractivity contribution in [1.82, 2.24) is 24.8 Å². The lowest BCUT2D eigenvalue weighted by Gasteiger charge is -2.42. The molecular weight excluding hydrogens is 520 g/mol. The first kappa shape index (κ1) is 26.8. The average Bonchev–Trinajstić information content (AvgIpc) is 3.53. The summed E-state index contributed by atoms with van der Waals surface area (Å²) < 4.78 is 7.61. The highest BCUT2D eigenvalue weighted by atomic mass is 32.1. The second-order valence-corrected chi connectivity index (χ2v) is 12.5. The topological polar surface area (TPSA) is 84.7 Å². The summed E-state index contributed by atoms with van der Waals surface area (Å²) in [4.78, 5) is 23.9. The van der Waals surface area contributed by atoms with Gasteiger partial charge in [0.15, 0.2) is 0 Å². The van der Waals surface area contributed by atoms with Gasteiger partial charge in [-0.15, -0.1) is 11.3 Å². The Morgan fingerprint density at radius 2 is 2.08 bits per heavy atom. The summed E-state index contributed by atoms with van der Waals surface area (Å²) in [6.07, 6.45) is 7.87. The third-order valence-corrected chi connectivity index (χ3v) is 9.18. The number of hydrogen-bond donors (Lipinski definition) is 0. The van der Waals surface area contributed by atoms with E-state index in [2.05, 4.69) is 75.2 Å². The molecule has 1 atom stereocenters. The Bertz CT molecular complexity index is 1420. The highest BCUT2D eigenvalue weighted by molar-refractivity contribution is 7.17. The number of thiazole rings is 1. The summed E-state index contributed by atoms with van der Waals surface area (Å²) in [7, 11) is 4.24. The second kappa shape index (κ2) is 11.2. The van der Waals surface area contributed by atoms with E-state index in [0.717, 1.165) is 56.2 Å². The molecule has 0 spiro atoms. The van der Waals surface area contributed by atoms with E-state index in [1.54, 1.807) is 11.3 Å². The van der Waals surface area contributed by atoms with E-state index >= 15 is 0 Å². The van der Waals surface area contributed by atoms with Crippen LogP contribution < -0.4 is 14.5 Å². The maximum atomic E-state index is 9.53. The van der Waals surface area contributed by atoms with Crippen molar-refractivity contribution in [3.05, 3.63) is 47.2 Å². The number of piperazine rings is 1. The quantitative estimate of drug-likeness (QED) is 0.381. The number of nitriles is 1. The third-order valence-electron chi connectivity index (χ3n) is 8.31. The van der Waals surface area contributed by atoms with Crippen LogP contribution >= 0.6 is 11.3 Å². The standard InChI is InChI=1S/C30H38N8OS/c1-4-13-36-15-16-38(17-22(36)8-12-31)28-23-9-14-37(26-7-5-6-24-27(26)40-21-32-24)18-25(23)33-29(34-28)39-20-30(10-11-30)19-35(2)3/h4-7,13,21-22H,8-11,14-20H2,1-3H3. The van der Waals surface area contributed by atoms with Crippen LogP contribution in [0.4, 0.5) is 11.5 Å². The van der Waals surface area contributed by atoms with Crippen molar-refractivity contribution in [2.24, 2.45) is 5.41 Å². The molecular formula is C30H38N8OS. The first-order chi connectivity index (χ1) is 19.5. The molecule has 40 heavy (non-hydrogen) atoms. The van der Waals surface area contributed by atoms with Gasteiger partial charge in [-0.2, -0.15) is 15.2 Å². The minimum absolute atomic E-state index is 0.128. The maximum Gasteiger partial charge on any atom is 0.318 e. The molecule has 10 heteroatoms. The summed E-state index contributed by atoms with van der Waals surface area (Å²) >= 11 is 1.69. The highest BCUT2D eigenvalue weighted by Gasteiger charge is 2.44. The summed E-state index contributed by atoms with van der Waals surface area (Å²) in [5.74, 6) is 0.983. The Balaban J connectivity index is 1.31. The number of rotatable bonds is 9. The average molecular weight is 559 g/mol. The lowest BCUT2D eigenvalue weighted by molar-refractivity contribution is 0.182. The Labute approximate surface area is 240 Å². The number of anilines is 2. The van der Waals surface area contributed by atoms with Gasteiger partial charge in [-0.25, -0.2) is 4.98 Å². The van der Waals surface area contributed by atoms with Gasteiger partial charge in [-0.05, 0) is 58.6 Å². The first-order valence-corrected chi connectivity index (χ1v) is 15.1. The molecule has 1 aromatic carbocycles. The number of benzene rings is 1. The van der Waals surface area contributed by atoms with Gasteiger partial charge in [-0.1, -0.05) is 12.1 Å². The third kappa shape index (κ3) is 5.45. The van der Waals surface area contributed by atoms with Crippen LogP contribution in [0.5, 0.6) is 6.01 Å². The Morgan fingerprint density at radius 3 is 2.85 bits per heavy atom. The number of fused-ring (bicyclic) bond motifs is 2. The molecule has 1 unspecified atom stereocenters. The number of aromatic nitrogens is 3. The summed E-state index contributed by atoms with van der Waals surface area (Å²) in [5.41, 5.74) is 6.63. The Kier molecular flexibility index (Phi) is 7.51. The minimum atomic E-state index is 0.128. The number of nitrogens with zero attached hydrogens (tertiary/aromatic N) is 8. The molecule has 1 aliphatic carbocycles. The molecule has 1 saturated carbocycles. The molecule has 2 aliphatic heterocycles. The SMILES string of the molecule is CC=CN1CCN(c2nc(OCC3(CN(C)C)CC3)nc3c2CCN(c2cccc4ncsc24)C3)CC1CC#N. The van der Waals surface area contributed by atoms with E-state index in [4.69, 9.17) is 14.7 Å². The lowest BCUT2D eigenvalue weighted by atomic mass is 10.0. The van der Waals surface area contributed by atoms with Gasteiger partial charge in [0.2, 0.25) is 0 Å². The number of allylic oxidation sites excluding steroid dienone is 1.